The van der Waals surface area contributed by atoms with Crippen LogP contribution in [0.25, 0.3) is 0 Å². The molecule has 0 amide bonds. The minimum atomic E-state index is -0.300. The molecular weight excluding hydrogens is 341 g/mol. The van der Waals surface area contributed by atoms with Gasteiger partial charge in [-0.25, -0.2) is 4.39 Å². The van der Waals surface area contributed by atoms with Crippen molar-refractivity contribution in [2.75, 3.05) is 13.6 Å². The van der Waals surface area contributed by atoms with Crippen molar-refractivity contribution < 1.29 is 4.39 Å². The smallest absolute Gasteiger partial charge is 0.124 e. The molecule has 2 aromatic rings. The van der Waals surface area contributed by atoms with Crippen LogP contribution in [0.4, 0.5) is 4.39 Å². The van der Waals surface area contributed by atoms with E-state index < -0.39 is 0 Å². The van der Waals surface area contributed by atoms with Gasteiger partial charge in [-0.05, 0) is 48.9 Å². The van der Waals surface area contributed by atoms with Crippen LogP contribution in [-0.4, -0.2) is 13.6 Å². The van der Waals surface area contributed by atoms with E-state index in [1.807, 2.05) is 19.2 Å². The summed E-state index contributed by atoms with van der Waals surface area (Å²) in [7, 11) is 1.93. The summed E-state index contributed by atoms with van der Waals surface area (Å²) in [5.41, 5.74) is 2.20. The molecule has 1 unspecified atom stereocenters. The minimum absolute atomic E-state index is 0.292. The van der Waals surface area contributed by atoms with Gasteiger partial charge >= 0.3 is 0 Å². The van der Waals surface area contributed by atoms with E-state index in [2.05, 4.69) is 33.4 Å². The van der Waals surface area contributed by atoms with Crippen LogP contribution in [0.15, 0.2) is 46.9 Å². The Bertz CT molecular complexity index is 588. The van der Waals surface area contributed by atoms with Crippen molar-refractivity contribution in [3.8, 4) is 0 Å². The van der Waals surface area contributed by atoms with Crippen LogP contribution in [0.5, 0.6) is 0 Å². The largest absolute Gasteiger partial charge is 0.319 e. The van der Waals surface area contributed by atoms with E-state index in [1.54, 1.807) is 6.07 Å². The standard InChI is InChI=1S/C16H16BrClFN/c1-20-10-13(11-3-2-4-14(17)8-11)7-12-5-6-15(19)9-16(12)18/h2-6,8-9,13,20H,7,10H2,1H3. The number of hydrogen-bond donors (Lipinski definition) is 1. The van der Waals surface area contributed by atoms with Gasteiger partial charge in [0.1, 0.15) is 5.82 Å². The van der Waals surface area contributed by atoms with E-state index >= 15 is 0 Å². The highest BCUT2D eigenvalue weighted by atomic mass is 79.9. The molecule has 2 rings (SSSR count). The summed E-state index contributed by atoms with van der Waals surface area (Å²) < 4.78 is 14.2. The molecule has 1 atom stereocenters. The van der Waals surface area contributed by atoms with Crippen LogP contribution >= 0.6 is 27.5 Å². The molecule has 106 valence electrons. The molecule has 0 saturated carbocycles. The number of nitrogens with one attached hydrogen (secondary N) is 1. The monoisotopic (exact) mass is 355 g/mol. The average molecular weight is 357 g/mol. The van der Waals surface area contributed by atoms with Gasteiger partial charge in [-0.3, -0.25) is 0 Å². The third-order valence-corrected chi connectivity index (χ3v) is 4.10. The second-order valence-corrected chi connectivity index (χ2v) is 6.07. The lowest BCUT2D eigenvalue weighted by Crippen LogP contribution is -2.19. The van der Waals surface area contributed by atoms with Crippen molar-refractivity contribution in [1.82, 2.24) is 5.32 Å². The third-order valence-electron chi connectivity index (χ3n) is 3.25. The molecule has 0 aliphatic heterocycles. The van der Waals surface area contributed by atoms with Crippen molar-refractivity contribution in [3.05, 3.63) is 68.9 Å². The number of benzene rings is 2. The topological polar surface area (TPSA) is 12.0 Å². The van der Waals surface area contributed by atoms with Gasteiger partial charge in [0.15, 0.2) is 0 Å². The van der Waals surface area contributed by atoms with E-state index in [0.29, 0.717) is 10.9 Å². The van der Waals surface area contributed by atoms with Crippen LogP contribution in [0.1, 0.15) is 17.0 Å². The molecule has 0 fully saturated rings. The second-order valence-electron chi connectivity index (χ2n) is 4.75. The molecule has 1 N–H and O–H groups in total. The van der Waals surface area contributed by atoms with Crippen molar-refractivity contribution in [3.63, 3.8) is 0 Å². The lowest BCUT2D eigenvalue weighted by molar-refractivity contribution is 0.615. The average Bonchev–Trinajstić information content (AvgIpc) is 2.41. The Balaban J connectivity index is 2.25. The lowest BCUT2D eigenvalue weighted by Gasteiger charge is -2.18. The molecule has 0 heterocycles. The summed E-state index contributed by atoms with van der Waals surface area (Å²) in [5, 5.41) is 3.69. The lowest BCUT2D eigenvalue weighted by atomic mass is 9.92. The van der Waals surface area contributed by atoms with Gasteiger partial charge in [-0.2, -0.15) is 0 Å². The van der Waals surface area contributed by atoms with Crippen LogP contribution < -0.4 is 5.32 Å². The van der Waals surface area contributed by atoms with E-state index in [-0.39, 0.29) is 5.82 Å². The summed E-state index contributed by atoms with van der Waals surface area (Å²) in [6.07, 6.45) is 0.774. The summed E-state index contributed by atoms with van der Waals surface area (Å²) in [6, 6.07) is 12.8. The van der Waals surface area contributed by atoms with E-state index in [0.717, 1.165) is 23.0 Å². The first-order valence-corrected chi connectivity index (χ1v) is 7.61. The van der Waals surface area contributed by atoms with Crippen LogP contribution in [0, 0.1) is 5.82 Å². The summed E-state index contributed by atoms with van der Waals surface area (Å²) in [6.45, 7) is 0.837. The normalized spacial score (nSPS) is 12.4. The fourth-order valence-electron chi connectivity index (χ4n) is 2.27. The Morgan fingerprint density at radius 3 is 2.70 bits per heavy atom. The molecule has 0 aliphatic carbocycles. The zero-order valence-corrected chi connectivity index (χ0v) is 13.5. The fourth-order valence-corrected chi connectivity index (χ4v) is 2.93. The van der Waals surface area contributed by atoms with Gasteiger partial charge < -0.3 is 5.32 Å². The van der Waals surface area contributed by atoms with Gasteiger partial charge in [0, 0.05) is 22.0 Å². The molecule has 0 bridgehead atoms. The molecule has 1 nitrogen and oxygen atoms in total. The highest BCUT2D eigenvalue weighted by Crippen LogP contribution is 2.27. The Morgan fingerprint density at radius 1 is 1.25 bits per heavy atom. The van der Waals surface area contributed by atoms with E-state index in [1.165, 1.54) is 17.7 Å². The van der Waals surface area contributed by atoms with Gasteiger partial charge in [0.25, 0.3) is 0 Å². The van der Waals surface area contributed by atoms with Crippen molar-refractivity contribution in [1.29, 1.82) is 0 Å². The Kier molecular flexibility index (Phi) is 5.58. The van der Waals surface area contributed by atoms with Gasteiger partial charge in [0.05, 0.1) is 0 Å². The third kappa shape index (κ3) is 4.05. The maximum Gasteiger partial charge on any atom is 0.124 e. The maximum atomic E-state index is 13.1. The molecule has 0 aromatic heterocycles. The number of rotatable bonds is 5. The van der Waals surface area contributed by atoms with Crippen LogP contribution in [0.3, 0.4) is 0 Å². The molecule has 0 spiro atoms. The molecule has 2 aromatic carbocycles. The molecule has 0 radical (unpaired) electrons. The second kappa shape index (κ2) is 7.21. The summed E-state index contributed by atoms with van der Waals surface area (Å²) >= 11 is 9.62. The first-order valence-electron chi connectivity index (χ1n) is 6.44. The molecular formula is C16H16BrClFN. The van der Waals surface area contributed by atoms with Crippen molar-refractivity contribution in [2.24, 2.45) is 0 Å². The SMILES string of the molecule is CNCC(Cc1ccc(F)cc1Cl)c1cccc(Br)c1. The van der Waals surface area contributed by atoms with Crippen LogP contribution in [0.2, 0.25) is 5.02 Å². The van der Waals surface area contributed by atoms with Crippen molar-refractivity contribution in [2.45, 2.75) is 12.3 Å². The first-order chi connectivity index (χ1) is 9.60. The van der Waals surface area contributed by atoms with Crippen LogP contribution in [-0.2, 0) is 6.42 Å². The predicted molar refractivity (Wildman–Crippen MR) is 85.9 cm³/mol. The number of likely N-dealkylation sites (N-methyl/N-ethyl adjacent to an activating group) is 1. The highest BCUT2D eigenvalue weighted by molar-refractivity contribution is 9.10. The molecule has 0 saturated heterocycles. The summed E-state index contributed by atoms with van der Waals surface area (Å²) in [5.74, 6) is -0.00756. The zero-order chi connectivity index (χ0) is 14.5. The highest BCUT2D eigenvalue weighted by Gasteiger charge is 2.14. The molecule has 20 heavy (non-hydrogen) atoms. The van der Waals surface area contributed by atoms with Gasteiger partial charge in [-0.1, -0.05) is 45.7 Å². The zero-order valence-electron chi connectivity index (χ0n) is 11.2. The van der Waals surface area contributed by atoms with E-state index in [4.69, 9.17) is 11.6 Å². The van der Waals surface area contributed by atoms with Crippen molar-refractivity contribution >= 4 is 27.5 Å². The fraction of sp³-hybridized carbons (Fsp3) is 0.250. The predicted octanol–water partition coefficient (Wildman–Crippen LogP) is 4.79. The van der Waals surface area contributed by atoms with E-state index in [9.17, 15) is 4.39 Å². The summed E-state index contributed by atoms with van der Waals surface area (Å²) in [4.78, 5) is 0. The molecule has 0 aliphatic rings. The maximum absolute atomic E-state index is 13.1. The number of hydrogen-bond acceptors (Lipinski definition) is 1. The Morgan fingerprint density at radius 2 is 2.05 bits per heavy atom. The quantitative estimate of drug-likeness (QED) is 0.812. The van der Waals surface area contributed by atoms with Gasteiger partial charge in [-0.15, -0.1) is 0 Å². The van der Waals surface area contributed by atoms with Gasteiger partial charge in [0.2, 0.25) is 0 Å². The minimum Gasteiger partial charge on any atom is -0.319 e. The molecule has 4 heteroatoms. The Hall–Kier alpha value is -0.900. The Labute approximate surface area is 132 Å². The number of halogens is 3. The first kappa shape index (κ1) is 15.5.